The Kier molecular flexibility index (Phi) is 3.87. The second-order valence-electron chi connectivity index (χ2n) is 6.45. The molecule has 2 heterocycles. The molecule has 0 atom stereocenters. The average molecular weight is 336 g/mol. The fourth-order valence-corrected chi connectivity index (χ4v) is 3.06. The van der Waals surface area contributed by atoms with Crippen molar-refractivity contribution in [1.82, 2.24) is 20.0 Å². The Morgan fingerprint density at radius 2 is 2.12 bits per heavy atom. The van der Waals surface area contributed by atoms with E-state index in [0.29, 0.717) is 18.8 Å². The maximum atomic E-state index is 12.7. The van der Waals surface area contributed by atoms with Crippen LogP contribution in [0.15, 0.2) is 53.3 Å². The molecule has 0 spiro atoms. The third kappa shape index (κ3) is 2.95. The summed E-state index contributed by atoms with van der Waals surface area (Å²) in [5, 5.41) is 7.20. The molecular weight excluding hydrogens is 316 g/mol. The minimum absolute atomic E-state index is 0.0261. The van der Waals surface area contributed by atoms with E-state index >= 15 is 0 Å². The van der Waals surface area contributed by atoms with Crippen LogP contribution in [0, 0.1) is 6.92 Å². The molecular formula is C19H20N4O2. The lowest BCUT2D eigenvalue weighted by Gasteiger charge is -2.13. The van der Waals surface area contributed by atoms with E-state index in [-0.39, 0.29) is 5.91 Å². The number of carbonyl (C=O) groups is 1. The number of hydrogen-bond donors (Lipinski definition) is 1. The standard InChI is InChI=1S/C19H20N4O2/c1-14-20-9-11-23(14)12-10-21-18(24)19(7-8-19)17-13-16(25-22-17)15-5-3-2-4-6-15/h2-6,9,11,13H,7-8,10,12H2,1H3,(H,21,24). The van der Waals surface area contributed by atoms with Crippen molar-refractivity contribution < 1.29 is 9.32 Å². The number of nitrogens with one attached hydrogen (secondary N) is 1. The third-order valence-corrected chi connectivity index (χ3v) is 4.81. The fourth-order valence-electron chi connectivity index (χ4n) is 3.06. The van der Waals surface area contributed by atoms with E-state index in [0.717, 1.165) is 29.9 Å². The Morgan fingerprint density at radius 1 is 1.32 bits per heavy atom. The smallest absolute Gasteiger partial charge is 0.232 e. The van der Waals surface area contributed by atoms with Crippen LogP contribution in [0.2, 0.25) is 0 Å². The highest BCUT2D eigenvalue weighted by molar-refractivity contribution is 5.91. The van der Waals surface area contributed by atoms with E-state index in [2.05, 4.69) is 15.5 Å². The van der Waals surface area contributed by atoms with Crippen molar-refractivity contribution in [2.75, 3.05) is 6.54 Å². The Bertz CT molecular complexity index is 878. The molecule has 1 aliphatic rings. The number of aryl methyl sites for hydroxylation is 1. The molecule has 1 saturated carbocycles. The molecule has 1 amide bonds. The van der Waals surface area contributed by atoms with E-state index in [1.54, 1.807) is 6.20 Å². The van der Waals surface area contributed by atoms with Gasteiger partial charge >= 0.3 is 0 Å². The van der Waals surface area contributed by atoms with Gasteiger partial charge in [0.25, 0.3) is 0 Å². The van der Waals surface area contributed by atoms with Crippen LogP contribution in [0.1, 0.15) is 24.4 Å². The number of amides is 1. The molecule has 6 nitrogen and oxygen atoms in total. The second-order valence-corrected chi connectivity index (χ2v) is 6.45. The minimum Gasteiger partial charge on any atom is -0.356 e. The fraction of sp³-hybridized carbons (Fsp3) is 0.316. The first-order valence-electron chi connectivity index (χ1n) is 8.48. The number of aromatic nitrogens is 3. The number of hydrogen-bond acceptors (Lipinski definition) is 4. The lowest BCUT2D eigenvalue weighted by Crippen LogP contribution is -2.36. The first-order valence-corrected chi connectivity index (χ1v) is 8.48. The highest BCUT2D eigenvalue weighted by Gasteiger charge is 2.53. The van der Waals surface area contributed by atoms with Gasteiger partial charge in [-0.2, -0.15) is 0 Å². The van der Waals surface area contributed by atoms with Crippen molar-refractivity contribution in [1.29, 1.82) is 0 Å². The molecule has 2 aromatic heterocycles. The quantitative estimate of drug-likeness (QED) is 0.751. The number of carbonyl (C=O) groups excluding carboxylic acids is 1. The second kappa shape index (κ2) is 6.20. The van der Waals surface area contributed by atoms with E-state index in [9.17, 15) is 4.79 Å². The van der Waals surface area contributed by atoms with Gasteiger partial charge in [-0.25, -0.2) is 4.98 Å². The topological polar surface area (TPSA) is 73.0 Å². The summed E-state index contributed by atoms with van der Waals surface area (Å²) in [5.41, 5.74) is 1.16. The van der Waals surface area contributed by atoms with Crippen LogP contribution >= 0.6 is 0 Å². The van der Waals surface area contributed by atoms with Crippen molar-refractivity contribution in [3.63, 3.8) is 0 Å². The maximum Gasteiger partial charge on any atom is 0.232 e. The van der Waals surface area contributed by atoms with Crippen LogP contribution in [0.4, 0.5) is 0 Å². The lowest BCUT2D eigenvalue weighted by atomic mass is 10.0. The largest absolute Gasteiger partial charge is 0.356 e. The average Bonchev–Trinajstić information content (AvgIpc) is 3.11. The molecule has 3 aromatic rings. The highest BCUT2D eigenvalue weighted by Crippen LogP contribution is 2.48. The molecule has 6 heteroatoms. The van der Waals surface area contributed by atoms with Crippen LogP contribution in [-0.2, 0) is 16.8 Å². The lowest BCUT2D eigenvalue weighted by molar-refractivity contribution is -0.123. The SMILES string of the molecule is Cc1nccn1CCNC(=O)C1(c2cc(-c3ccccc3)on2)CC1. The highest BCUT2D eigenvalue weighted by atomic mass is 16.5. The predicted octanol–water partition coefficient (Wildman–Crippen LogP) is 2.69. The number of rotatable bonds is 6. The van der Waals surface area contributed by atoms with Gasteiger partial charge in [0, 0.05) is 37.1 Å². The molecule has 1 aromatic carbocycles. The molecule has 128 valence electrons. The van der Waals surface area contributed by atoms with E-state index in [1.807, 2.05) is 54.1 Å². The number of imidazole rings is 1. The van der Waals surface area contributed by atoms with Crippen LogP contribution < -0.4 is 5.32 Å². The minimum atomic E-state index is -0.527. The monoisotopic (exact) mass is 336 g/mol. The molecule has 1 N–H and O–H groups in total. The zero-order valence-corrected chi connectivity index (χ0v) is 14.1. The van der Waals surface area contributed by atoms with Gasteiger partial charge < -0.3 is 14.4 Å². The Labute approximate surface area is 145 Å². The van der Waals surface area contributed by atoms with Gasteiger partial charge in [-0.3, -0.25) is 4.79 Å². The molecule has 1 fully saturated rings. The van der Waals surface area contributed by atoms with Crippen LogP contribution in [0.3, 0.4) is 0 Å². The summed E-state index contributed by atoms with van der Waals surface area (Å²) in [4.78, 5) is 16.9. The molecule has 0 bridgehead atoms. The van der Waals surface area contributed by atoms with Crippen molar-refractivity contribution in [2.45, 2.75) is 31.7 Å². The number of benzene rings is 1. The normalized spacial score (nSPS) is 15.1. The Hall–Kier alpha value is -2.89. The van der Waals surface area contributed by atoms with Crippen molar-refractivity contribution in [2.24, 2.45) is 0 Å². The summed E-state index contributed by atoms with van der Waals surface area (Å²) in [5.74, 6) is 1.67. The van der Waals surface area contributed by atoms with Crippen LogP contribution in [-0.4, -0.2) is 27.2 Å². The summed E-state index contributed by atoms with van der Waals surface area (Å²) >= 11 is 0. The molecule has 0 radical (unpaired) electrons. The van der Waals surface area contributed by atoms with E-state index in [1.165, 1.54) is 0 Å². The summed E-state index contributed by atoms with van der Waals surface area (Å²) in [6.45, 7) is 3.23. The number of nitrogens with zero attached hydrogens (tertiary/aromatic N) is 3. The molecule has 4 rings (SSSR count). The van der Waals surface area contributed by atoms with Gasteiger partial charge in [-0.05, 0) is 19.8 Å². The van der Waals surface area contributed by atoms with Crippen LogP contribution in [0.5, 0.6) is 0 Å². The predicted molar refractivity (Wildman–Crippen MR) is 92.8 cm³/mol. The van der Waals surface area contributed by atoms with Crippen molar-refractivity contribution >= 4 is 5.91 Å². The van der Waals surface area contributed by atoms with Gasteiger partial charge in [-0.1, -0.05) is 35.5 Å². The van der Waals surface area contributed by atoms with E-state index < -0.39 is 5.41 Å². The molecule has 0 saturated heterocycles. The first-order chi connectivity index (χ1) is 12.2. The summed E-state index contributed by atoms with van der Waals surface area (Å²) in [6, 6.07) is 11.7. The van der Waals surface area contributed by atoms with Crippen molar-refractivity contribution in [3.8, 4) is 11.3 Å². The maximum absolute atomic E-state index is 12.7. The molecule has 25 heavy (non-hydrogen) atoms. The molecule has 0 aliphatic heterocycles. The van der Waals surface area contributed by atoms with Gasteiger partial charge in [0.2, 0.25) is 5.91 Å². The van der Waals surface area contributed by atoms with E-state index in [4.69, 9.17) is 4.52 Å². The summed E-state index contributed by atoms with van der Waals surface area (Å²) in [6.07, 6.45) is 5.30. The zero-order chi connectivity index (χ0) is 17.3. The Morgan fingerprint density at radius 3 is 2.80 bits per heavy atom. The molecule has 0 unspecified atom stereocenters. The van der Waals surface area contributed by atoms with Crippen molar-refractivity contribution in [3.05, 3.63) is 60.3 Å². The van der Waals surface area contributed by atoms with Gasteiger partial charge in [0.05, 0.1) is 11.1 Å². The van der Waals surface area contributed by atoms with Gasteiger partial charge in [-0.15, -0.1) is 0 Å². The van der Waals surface area contributed by atoms with Gasteiger partial charge in [0.15, 0.2) is 5.76 Å². The van der Waals surface area contributed by atoms with Gasteiger partial charge in [0.1, 0.15) is 5.82 Å². The summed E-state index contributed by atoms with van der Waals surface area (Å²) in [7, 11) is 0. The Balaban J connectivity index is 1.42. The zero-order valence-electron chi connectivity index (χ0n) is 14.1. The van der Waals surface area contributed by atoms with Crippen LogP contribution in [0.25, 0.3) is 11.3 Å². The summed E-state index contributed by atoms with van der Waals surface area (Å²) < 4.78 is 7.48. The first kappa shape index (κ1) is 15.6. The molecule has 1 aliphatic carbocycles. The third-order valence-electron chi connectivity index (χ3n) is 4.81.